The summed E-state index contributed by atoms with van der Waals surface area (Å²) in [4.78, 5) is 0. The lowest BCUT2D eigenvalue weighted by Crippen LogP contribution is -2.01. The quantitative estimate of drug-likeness (QED) is 0.735. The Morgan fingerprint density at radius 1 is 1.15 bits per heavy atom. The van der Waals surface area contributed by atoms with Crippen LogP contribution in [0.1, 0.15) is 5.56 Å². The minimum Gasteiger partial charge on any atom is -0.399 e. The summed E-state index contributed by atoms with van der Waals surface area (Å²) in [6.07, 6.45) is 0. The van der Waals surface area contributed by atoms with Crippen LogP contribution in [0.5, 0.6) is 0 Å². The number of halogens is 1. The van der Waals surface area contributed by atoms with Gasteiger partial charge in [-0.1, -0.05) is 17.7 Å². The predicted octanol–water partition coefficient (Wildman–Crippen LogP) is 2.87. The van der Waals surface area contributed by atoms with Crippen molar-refractivity contribution in [3.63, 3.8) is 0 Å². The second-order valence-electron chi connectivity index (χ2n) is 4.47. The molecular formula is C14H12ClN5. The van der Waals surface area contributed by atoms with Crippen molar-refractivity contribution in [2.75, 3.05) is 5.73 Å². The molecule has 2 N–H and O–H groups in total. The minimum absolute atomic E-state index is 0.637. The predicted molar refractivity (Wildman–Crippen MR) is 78.7 cm³/mol. The van der Waals surface area contributed by atoms with Crippen LogP contribution in [-0.4, -0.2) is 20.2 Å². The van der Waals surface area contributed by atoms with Crippen molar-refractivity contribution in [3.05, 3.63) is 53.1 Å². The monoisotopic (exact) mass is 285 g/mol. The zero-order valence-corrected chi connectivity index (χ0v) is 11.5. The second-order valence-corrected chi connectivity index (χ2v) is 4.90. The van der Waals surface area contributed by atoms with Crippen LogP contribution in [0.2, 0.25) is 5.02 Å². The van der Waals surface area contributed by atoms with Gasteiger partial charge in [0.15, 0.2) is 5.82 Å². The maximum absolute atomic E-state index is 6.01. The van der Waals surface area contributed by atoms with Gasteiger partial charge in [-0.2, -0.15) is 4.68 Å². The number of tetrazole rings is 1. The van der Waals surface area contributed by atoms with E-state index in [0.29, 0.717) is 16.5 Å². The first-order valence-electron chi connectivity index (χ1n) is 6.06. The summed E-state index contributed by atoms with van der Waals surface area (Å²) in [6, 6.07) is 13.0. The number of nitrogens with zero attached hydrogens (tertiary/aromatic N) is 4. The standard InChI is InChI=1S/C14H12ClN5/c1-9-7-11(16)5-6-13(9)14-17-18-19-20(14)12-4-2-3-10(15)8-12/h2-8H,16H2,1H3. The fourth-order valence-corrected chi connectivity index (χ4v) is 2.26. The minimum atomic E-state index is 0.637. The average Bonchev–Trinajstić information content (AvgIpc) is 2.87. The van der Waals surface area contributed by atoms with E-state index in [4.69, 9.17) is 17.3 Å². The molecule has 5 nitrogen and oxygen atoms in total. The molecule has 100 valence electrons. The summed E-state index contributed by atoms with van der Waals surface area (Å²) >= 11 is 6.01. The van der Waals surface area contributed by atoms with Gasteiger partial charge in [-0.05, 0) is 59.3 Å². The van der Waals surface area contributed by atoms with Crippen molar-refractivity contribution in [2.45, 2.75) is 6.92 Å². The molecule has 3 rings (SSSR count). The Balaban J connectivity index is 2.15. The van der Waals surface area contributed by atoms with Crippen molar-refractivity contribution in [2.24, 2.45) is 0 Å². The van der Waals surface area contributed by atoms with Crippen LogP contribution < -0.4 is 5.73 Å². The van der Waals surface area contributed by atoms with Crippen molar-refractivity contribution < 1.29 is 0 Å². The van der Waals surface area contributed by atoms with Gasteiger partial charge in [0.05, 0.1) is 5.69 Å². The topological polar surface area (TPSA) is 69.6 Å². The lowest BCUT2D eigenvalue weighted by Gasteiger charge is -2.08. The first-order chi connectivity index (χ1) is 9.65. The molecule has 0 bridgehead atoms. The normalized spacial score (nSPS) is 10.7. The van der Waals surface area contributed by atoms with Gasteiger partial charge >= 0.3 is 0 Å². The van der Waals surface area contributed by atoms with Gasteiger partial charge < -0.3 is 5.73 Å². The van der Waals surface area contributed by atoms with E-state index in [0.717, 1.165) is 16.8 Å². The van der Waals surface area contributed by atoms with E-state index in [1.165, 1.54) is 0 Å². The van der Waals surface area contributed by atoms with Crippen LogP contribution in [0.4, 0.5) is 5.69 Å². The van der Waals surface area contributed by atoms with Crippen molar-refractivity contribution >= 4 is 17.3 Å². The van der Waals surface area contributed by atoms with Crippen molar-refractivity contribution in [3.8, 4) is 17.1 Å². The van der Waals surface area contributed by atoms with Crippen LogP contribution in [-0.2, 0) is 0 Å². The molecule has 1 aromatic heterocycles. The van der Waals surface area contributed by atoms with Gasteiger partial charge in [0.1, 0.15) is 0 Å². The number of aryl methyl sites for hydroxylation is 1. The summed E-state index contributed by atoms with van der Waals surface area (Å²) in [7, 11) is 0. The fourth-order valence-electron chi connectivity index (χ4n) is 2.07. The molecule has 0 atom stereocenters. The number of hydrogen-bond acceptors (Lipinski definition) is 4. The molecule has 0 amide bonds. The van der Waals surface area contributed by atoms with Crippen LogP contribution in [0.25, 0.3) is 17.1 Å². The number of anilines is 1. The Morgan fingerprint density at radius 3 is 2.75 bits per heavy atom. The molecule has 2 aromatic carbocycles. The smallest absolute Gasteiger partial charge is 0.187 e. The number of hydrogen-bond donors (Lipinski definition) is 1. The van der Waals surface area contributed by atoms with Crippen LogP contribution >= 0.6 is 11.6 Å². The molecule has 3 aromatic rings. The van der Waals surface area contributed by atoms with Crippen molar-refractivity contribution in [1.82, 2.24) is 20.2 Å². The fraction of sp³-hybridized carbons (Fsp3) is 0.0714. The molecule has 0 radical (unpaired) electrons. The Morgan fingerprint density at radius 2 is 2.00 bits per heavy atom. The SMILES string of the molecule is Cc1cc(N)ccc1-c1nnnn1-c1cccc(Cl)c1. The highest BCUT2D eigenvalue weighted by Crippen LogP contribution is 2.25. The Labute approximate surface area is 121 Å². The van der Waals surface area contributed by atoms with Gasteiger partial charge in [0, 0.05) is 16.3 Å². The lowest BCUT2D eigenvalue weighted by molar-refractivity contribution is 0.791. The first-order valence-corrected chi connectivity index (χ1v) is 6.44. The summed E-state index contributed by atoms with van der Waals surface area (Å²) in [5.74, 6) is 0.657. The first kappa shape index (κ1) is 12.6. The second kappa shape index (κ2) is 4.94. The van der Waals surface area contributed by atoms with Crippen molar-refractivity contribution in [1.29, 1.82) is 0 Å². The third-order valence-electron chi connectivity index (χ3n) is 3.01. The molecule has 0 aliphatic heterocycles. The largest absolute Gasteiger partial charge is 0.399 e. The molecule has 0 saturated heterocycles. The number of aromatic nitrogens is 4. The van der Waals surface area contributed by atoms with Gasteiger partial charge in [0.2, 0.25) is 0 Å². The highest BCUT2D eigenvalue weighted by Gasteiger charge is 2.13. The molecule has 0 spiro atoms. The van der Waals surface area contributed by atoms with Gasteiger partial charge in [0.25, 0.3) is 0 Å². The van der Waals surface area contributed by atoms with Crippen LogP contribution in [0.3, 0.4) is 0 Å². The molecule has 1 heterocycles. The van der Waals surface area contributed by atoms with E-state index in [9.17, 15) is 0 Å². The molecule has 0 aliphatic carbocycles. The van der Waals surface area contributed by atoms with E-state index in [2.05, 4.69) is 15.5 Å². The molecule has 0 fully saturated rings. The summed E-state index contributed by atoms with van der Waals surface area (Å²) < 4.78 is 1.66. The van der Waals surface area contributed by atoms with Gasteiger partial charge in [-0.15, -0.1) is 5.10 Å². The highest BCUT2D eigenvalue weighted by molar-refractivity contribution is 6.30. The number of benzene rings is 2. The number of nitrogen functional groups attached to an aromatic ring is 1. The average molecular weight is 286 g/mol. The van der Waals surface area contributed by atoms with E-state index in [1.807, 2.05) is 49.4 Å². The molecule has 0 saturated carbocycles. The van der Waals surface area contributed by atoms with E-state index < -0.39 is 0 Å². The number of nitrogens with two attached hydrogens (primary N) is 1. The van der Waals surface area contributed by atoms with Gasteiger partial charge in [-0.25, -0.2) is 0 Å². The van der Waals surface area contributed by atoms with E-state index in [-0.39, 0.29) is 0 Å². The third kappa shape index (κ3) is 2.23. The Kier molecular flexibility index (Phi) is 3.12. The molecule has 0 aliphatic rings. The molecule has 20 heavy (non-hydrogen) atoms. The molecule has 6 heteroatoms. The summed E-state index contributed by atoms with van der Waals surface area (Å²) in [5.41, 5.74) is 9.25. The summed E-state index contributed by atoms with van der Waals surface area (Å²) in [6.45, 7) is 1.97. The molecule has 0 unspecified atom stereocenters. The third-order valence-corrected chi connectivity index (χ3v) is 3.25. The summed E-state index contributed by atoms with van der Waals surface area (Å²) in [5, 5.41) is 12.5. The number of rotatable bonds is 2. The van der Waals surface area contributed by atoms with E-state index in [1.54, 1.807) is 4.68 Å². The van der Waals surface area contributed by atoms with E-state index >= 15 is 0 Å². The maximum Gasteiger partial charge on any atom is 0.187 e. The Bertz CT molecular complexity index is 766. The van der Waals surface area contributed by atoms with Crippen LogP contribution in [0, 0.1) is 6.92 Å². The zero-order chi connectivity index (χ0) is 14.1. The highest BCUT2D eigenvalue weighted by atomic mass is 35.5. The zero-order valence-electron chi connectivity index (χ0n) is 10.8. The molecular weight excluding hydrogens is 274 g/mol. The Hall–Kier alpha value is -2.40. The lowest BCUT2D eigenvalue weighted by atomic mass is 10.1. The van der Waals surface area contributed by atoms with Gasteiger partial charge in [-0.3, -0.25) is 0 Å². The van der Waals surface area contributed by atoms with Crippen LogP contribution in [0.15, 0.2) is 42.5 Å². The maximum atomic E-state index is 6.01.